The molecular formula is C22H44NO5S+. The number of ether oxygens (including phenoxy) is 1. The summed E-state index contributed by atoms with van der Waals surface area (Å²) in [7, 11) is -2.09. The molecule has 0 saturated carbocycles. The van der Waals surface area contributed by atoms with Crippen LogP contribution in [0.15, 0.2) is 0 Å². The fourth-order valence-corrected chi connectivity index (χ4v) is 4.95. The van der Waals surface area contributed by atoms with E-state index in [1.807, 2.05) is 0 Å². The molecule has 29 heavy (non-hydrogen) atoms. The van der Waals surface area contributed by atoms with E-state index in [4.69, 9.17) is 4.74 Å². The molecule has 1 heterocycles. The van der Waals surface area contributed by atoms with Gasteiger partial charge in [-0.1, -0.05) is 58.3 Å². The van der Waals surface area contributed by atoms with Crippen LogP contribution in [0, 0.1) is 0 Å². The highest BCUT2D eigenvalue weighted by molar-refractivity contribution is 7.85. The van der Waals surface area contributed by atoms with E-state index in [2.05, 4.69) is 14.0 Å². The summed E-state index contributed by atoms with van der Waals surface area (Å²) in [5.41, 5.74) is 0. The van der Waals surface area contributed by atoms with E-state index in [1.165, 1.54) is 51.4 Å². The maximum atomic E-state index is 12.3. The van der Waals surface area contributed by atoms with Crippen LogP contribution in [-0.2, 0) is 19.6 Å². The van der Waals surface area contributed by atoms with Gasteiger partial charge in [0.05, 0.1) is 20.1 Å². The largest absolute Gasteiger partial charge is 0.455 e. The van der Waals surface area contributed by atoms with Gasteiger partial charge in [-0.05, 0) is 32.1 Å². The van der Waals surface area contributed by atoms with Crippen LogP contribution in [0.3, 0.4) is 0 Å². The molecule has 0 aromatic carbocycles. The smallest absolute Gasteiger partial charge is 0.306 e. The Balaban J connectivity index is 2.35. The van der Waals surface area contributed by atoms with Crippen LogP contribution in [0.2, 0.25) is 0 Å². The molecule has 1 N–H and O–H groups in total. The number of quaternary nitrogens is 1. The molecule has 1 atom stereocenters. The first-order chi connectivity index (χ1) is 13.7. The number of esters is 1. The summed E-state index contributed by atoms with van der Waals surface area (Å²) in [4.78, 5) is 12.3. The average Bonchev–Trinajstić information content (AvgIpc) is 2.83. The molecular weight excluding hydrogens is 390 g/mol. The highest BCUT2D eigenvalue weighted by atomic mass is 32.2. The first-order valence-electron chi connectivity index (χ1n) is 11.7. The van der Waals surface area contributed by atoms with E-state index in [0.29, 0.717) is 17.4 Å². The van der Waals surface area contributed by atoms with E-state index >= 15 is 0 Å². The van der Waals surface area contributed by atoms with Gasteiger partial charge in [-0.15, -0.1) is 0 Å². The third kappa shape index (κ3) is 14.1. The van der Waals surface area contributed by atoms with Crippen LogP contribution in [0.25, 0.3) is 0 Å². The zero-order valence-electron chi connectivity index (χ0n) is 18.7. The van der Waals surface area contributed by atoms with Crippen LogP contribution < -0.4 is 0 Å². The second-order valence-corrected chi connectivity index (χ2v) is 10.6. The molecule has 0 aliphatic carbocycles. The number of carbonyl (C=O) groups excluding carboxylic acids is 1. The van der Waals surface area contributed by atoms with Gasteiger partial charge in [-0.2, -0.15) is 8.42 Å². The van der Waals surface area contributed by atoms with E-state index in [1.54, 1.807) is 0 Å². The quantitative estimate of drug-likeness (QED) is 0.174. The minimum atomic E-state index is -4.19. The summed E-state index contributed by atoms with van der Waals surface area (Å²) >= 11 is 0. The van der Waals surface area contributed by atoms with E-state index < -0.39 is 22.0 Å². The molecule has 1 unspecified atom stereocenters. The minimum Gasteiger partial charge on any atom is -0.455 e. The van der Waals surface area contributed by atoms with Crippen molar-refractivity contribution in [2.24, 2.45) is 0 Å². The zero-order valence-corrected chi connectivity index (χ0v) is 19.6. The Hall–Kier alpha value is -0.660. The topological polar surface area (TPSA) is 80.7 Å². The Morgan fingerprint density at radius 3 is 1.97 bits per heavy atom. The van der Waals surface area contributed by atoms with Crippen LogP contribution in [0.4, 0.5) is 0 Å². The van der Waals surface area contributed by atoms with Crippen molar-refractivity contribution >= 4 is 16.1 Å². The number of hydrogen-bond donors (Lipinski definition) is 1. The first kappa shape index (κ1) is 26.4. The maximum Gasteiger partial charge on any atom is 0.306 e. The molecule has 1 aliphatic heterocycles. The molecule has 0 amide bonds. The lowest BCUT2D eigenvalue weighted by molar-refractivity contribution is -0.911. The lowest BCUT2D eigenvalue weighted by atomic mass is 10.1. The molecule has 0 aromatic heterocycles. The number of carbonyl (C=O) groups is 1. The standard InChI is InChI=1S/C22H43NO5S/c1-3-4-5-6-7-8-9-10-13-16-22(24)28-21(20-29(25,26)27)19-23(2)17-14-11-12-15-18-23/h21H,3-20H2,1-2H3/p+1. The summed E-state index contributed by atoms with van der Waals surface area (Å²) in [6.45, 7) is 4.58. The number of likely N-dealkylation sites (tertiary alicyclic amines) is 1. The van der Waals surface area contributed by atoms with Gasteiger partial charge in [-0.25, -0.2) is 0 Å². The van der Waals surface area contributed by atoms with Gasteiger partial charge in [0.25, 0.3) is 10.1 Å². The second kappa shape index (κ2) is 14.4. The van der Waals surface area contributed by atoms with Gasteiger partial charge >= 0.3 is 5.97 Å². The van der Waals surface area contributed by atoms with Crippen LogP contribution in [-0.4, -0.2) is 62.0 Å². The second-order valence-electron chi connectivity index (χ2n) is 9.10. The van der Waals surface area contributed by atoms with Crippen molar-refractivity contribution in [2.75, 3.05) is 32.4 Å². The summed E-state index contributed by atoms with van der Waals surface area (Å²) in [6, 6.07) is 0. The minimum absolute atomic E-state index is 0.321. The summed E-state index contributed by atoms with van der Waals surface area (Å²) < 4.78 is 38.3. The average molecular weight is 435 g/mol. The molecule has 0 aromatic rings. The monoisotopic (exact) mass is 434 g/mol. The predicted molar refractivity (Wildman–Crippen MR) is 117 cm³/mol. The Kier molecular flexibility index (Phi) is 13.1. The molecule has 172 valence electrons. The van der Waals surface area contributed by atoms with Crippen LogP contribution >= 0.6 is 0 Å². The van der Waals surface area contributed by atoms with Crippen molar-refractivity contribution in [2.45, 2.75) is 103 Å². The lowest BCUT2D eigenvalue weighted by Gasteiger charge is -2.36. The van der Waals surface area contributed by atoms with Gasteiger partial charge in [-0.3, -0.25) is 9.35 Å². The number of unbranched alkanes of at least 4 members (excludes halogenated alkanes) is 8. The SMILES string of the molecule is CCCCCCCCCCCC(=O)OC(C[N+]1(C)CCCCCC1)CS(=O)(=O)O. The molecule has 6 nitrogen and oxygen atoms in total. The highest BCUT2D eigenvalue weighted by Crippen LogP contribution is 2.19. The summed E-state index contributed by atoms with van der Waals surface area (Å²) in [5.74, 6) is -0.854. The van der Waals surface area contributed by atoms with Crippen LogP contribution in [0.5, 0.6) is 0 Å². The highest BCUT2D eigenvalue weighted by Gasteiger charge is 2.32. The number of hydrogen-bond acceptors (Lipinski definition) is 4. The predicted octanol–water partition coefficient (Wildman–Crippen LogP) is 4.73. The van der Waals surface area contributed by atoms with Crippen molar-refractivity contribution in [3.8, 4) is 0 Å². The molecule has 0 bridgehead atoms. The Bertz CT molecular complexity index is 541. The first-order valence-corrected chi connectivity index (χ1v) is 13.3. The number of likely N-dealkylation sites (N-methyl/N-ethyl adjacent to an activating group) is 1. The van der Waals surface area contributed by atoms with Gasteiger partial charge in [0, 0.05) is 6.42 Å². The Labute approximate surface area is 178 Å². The van der Waals surface area contributed by atoms with E-state index in [-0.39, 0.29) is 5.97 Å². The van der Waals surface area contributed by atoms with E-state index in [9.17, 15) is 17.8 Å². The molecule has 1 fully saturated rings. The molecule has 0 spiro atoms. The van der Waals surface area contributed by atoms with Gasteiger partial charge in [0.1, 0.15) is 12.3 Å². The number of rotatable bonds is 15. The summed E-state index contributed by atoms with van der Waals surface area (Å²) in [5, 5.41) is 0. The van der Waals surface area contributed by atoms with Crippen molar-refractivity contribution in [1.29, 1.82) is 0 Å². The molecule has 0 radical (unpaired) electrons. The maximum absolute atomic E-state index is 12.3. The molecule has 7 heteroatoms. The van der Waals surface area contributed by atoms with Crippen molar-refractivity contribution in [3.05, 3.63) is 0 Å². The number of nitrogens with zero attached hydrogens (tertiary/aromatic N) is 1. The van der Waals surface area contributed by atoms with Crippen molar-refractivity contribution in [3.63, 3.8) is 0 Å². The van der Waals surface area contributed by atoms with Gasteiger partial charge < -0.3 is 9.22 Å². The normalized spacial score (nSPS) is 18.2. The van der Waals surface area contributed by atoms with Gasteiger partial charge in [0.2, 0.25) is 0 Å². The third-order valence-corrected chi connectivity index (χ3v) is 6.76. The van der Waals surface area contributed by atoms with E-state index in [0.717, 1.165) is 45.2 Å². The van der Waals surface area contributed by atoms with Crippen molar-refractivity contribution < 1.29 is 27.0 Å². The molecule has 1 saturated heterocycles. The fourth-order valence-electron chi connectivity index (χ4n) is 4.31. The Morgan fingerprint density at radius 1 is 0.931 bits per heavy atom. The molecule has 1 rings (SSSR count). The lowest BCUT2D eigenvalue weighted by Crippen LogP contribution is -2.51. The molecule has 1 aliphatic rings. The zero-order chi connectivity index (χ0) is 21.6. The Morgan fingerprint density at radius 2 is 1.45 bits per heavy atom. The third-order valence-electron chi connectivity index (χ3n) is 5.97. The summed E-state index contributed by atoms with van der Waals surface area (Å²) in [6.07, 6.45) is 14.7. The van der Waals surface area contributed by atoms with Crippen molar-refractivity contribution in [1.82, 2.24) is 0 Å². The van der Waals surface area contributed by atoms with Crippen LogP contribution in [0.1, 0.15) is 96.8 Å². The fraction of sp³-hybridized carbons (Fsp3) is 0.955. The van der Waals surface area contributed by atoms with Gasteiger partial charge in [0.15, 0.2) is 6.10 Å².